The molecular formula is C24H35N3O3. The molecule has 2 aromatic rings. The molecule has 0 radical (unpaired) electrons. The maximum absolute atomic E-state index is 12.7. The molecule has 6 heteroatoms. The van der Waals surface area contributed by atoms with Crippen molar-refractivity contribution in [2.75, 3.05) is 27.2 Å². The van der Waals surface area contributed by atoms with E-state index in [0.29, 0.717) is 13.0 Å². The van der Waals surface area contributed by atoms with Crippen LogP contribution >= 0.6 is 0 Å². The molecule has 3 rings (SSSR count). The molecule has 2 amide bonds. The Morgan fingerprint density at radius 2 is 1.80 bits per heavy atom. The lowest BCUT2D eigenvalue weighted by Gasteiger charge is -2.28. The standard InChI is InChI=1S/C24H35N3O3/c1-15-12-16(2)22-19(14-30-23(22)17(15)3)13-21(28)26-20-8-6-18(7-9-20)24(29)25-10-11-27(4)5/h12,14,18,20H,6-11,13H2,1-5H3,(H,25,29)(H,26,28). The van der Waals surface area contributed by atoms with Crippen molar-refractivity contribution in [3.05, 3.63) is 34.6 Å². The number of rotatable bonds is 7. The first-order valence-corrected chi connectivity index (χ1v) is 10.9. The lowest BCUT2D eigenvalue weighted by Crippen LogP contribution is -2.42. The van der Waals surface area contributed by atoms with E-state index in [0.717, 1.165) is 59.9 Å². The van der Waals surface area contributed by atoms with Gasteiger partial charge >= 0.3 is 0 Å². The average Bonchev–Trinajstić information content (AvgIpc) is 3.10. The van der Waals surface area contributed by atoms with Gasteiger partial charge in [0.25, 0.3) is 0 Å². The Kier molecular flexibility index (Phi) is 7.19. The third kappa shape index (κ3) is 5.22. The normalized spacial score (nSPS) is 19.3. The van der Waals surface area contributed by atoms with Crippen molar-refractivity contribution in [2.24, 2.45) is 5.92 Å². The van der Waals surface area contributed by atoms with E-state index in [1.807, 2.05) is 14.1 Å². The Morgan fingerprint density at radius 1 is 1.10 bits per heavy atom. The van der Waals surface area contributed by atoms with E-state index in [1.54, 1.807) is 6.26 Å². The number of furan rings is 1. The second kappa shape index (κ2) is 9.65. The first-order valence-electron chi connectivity index (χ1n) is 10.9. The molecule has 6 nitrogen and oxygen atoms in total. The van der Waals surface area contributed by atoms with Crippen LogP contribution in [0.25, 0.3) is 11.0 Å². The number of fused-ring (bicyclic) bond motifs is 1. The molecule has 1 fully saturated rings. The van der Waals surface area contributed by atoms with Crippen LogP contribution in [0.1, 0.15) is 47.9 Å². The van der Waals surface area contributed by atoms with Gasteiger partial charge in [-0.2, -0.15) is 0 Å². The largest absolute Gasteiger partial charge is 0.464 e. The molecule has 164 valence electrons. The highest BCUT2D eigenvalue weighted by molar-refractivity contribution is 5.92. The Balaban J connectivity index is 1.51. The van der Waals surface area contributed by atoms with E-state index >= 15 is 0 Å². The summed E-state index contributed by atoms with van der Waals surface area (Å²) in [5.41, 5.74) is 5.30. The number of benzene rings is 1. The molecule has 1 aromatic heterocycles. The van der Waals surface area contributed by atoms with E-state index < -0.39 is 0 Å². The average molecular weight is 414 g/mol. The number of hydrogen-bond donors (Lipinski definition) is 2. The minimum atomic E-state index is 0.0224. The number of likely N-dealkylation sites (N-methyl/N-ethyl adjacent to an activating group) is 1. The van der Waals surface area contributed by atoms with Gasteiger partial charge in [-0.25, -0.2) is 0 Å². The number of carbonyl (C=O) groups is 2. The summed E-state index contributed by atoms with van der Waals surface area (Å²) in [4.78, 5) is 27.0. The molecule has 30 heavy (non-hydrogen) atoms. The number of aryl methyl sites for hydroxylation is 3. The van der Waals surface area contributed by atoms with Crippen LogP contribution in [0.4, 0.5) is 0 Å². The van der Waals surface area contributed by atoms with E-state index in [2.05, 4.69) is 42.4 Å². The molecular weight excluding hydrogens is 378 g/mol. The SMILES string of the molecule is Cc1cc(C)c2c(CC(=O)NC3CCC(C(=O)NCCN(C)C)CC3)coc2c1C. The van der Waals surface area contributed by atoms with E-state index in [-0.39, 0.29) is 23.8 Å². The van der Waals surface area contributed by atoms with E-state index in [4.69, 9.17) is 4.42 Å². The number of nitrogens with one attached hydrogen (secondary N) is 2. The summed E-state index contributed by atoms with van der Waals surface area (Å²) in [6.07, 6.45) is 5.39. The van der Waals surface area contributed by atoms with Gasteiger partial charge in [-0.15, -0.1) is 0 Å². The summed E-state index contributed by atoms with van der Waals surface area (Å²) >= 11 is 0. The van der Waals surface area contributed by atoms with Crippen LogP contribution in [0.2, 0.25) is 0 Å². The van der Waals surface area contributed by atoms with Crippen LogP contribution in [0, 0.1) is 26.7 Å². The van der Waals surface area contributed by atoms with Crippen LogP contribution in [-0.2, 0) is 16.0 Å². The first kappa shape index (κ1) is 22.3. The van der Waals surface area contributed by atoms with Gasteiger partial charge in [-0.05, 0) is 77.2 Å². The predicted molar refractivity (Wildman–Crippen MR) is 120 cm³/mol. The number of carbonyl (C=O) groups excluding carboxylic acids is 2. The second-order valence-corrected chi connectivity index (χ2v) is 8.99. The molecule has 0 aliphatic heterocycles. The number of nitrogens with zero attached hydrogens (tertiary/aromatic N) is 1. The lowest BCUT2D eigenvalue weighted by molar-refractivity contribution is -0.126. The molecule has 0 saturated heterocycles. The van der Waals surface area contributed by atoms with Crippen LogP contribution < -0.4 is 10.6 Å². The minimum absolute atomic E-state index is 0.0224. The minimum Gasteiger partial charge on any atom is -0.464 e. The monoisotopic (exact) mass is 413 g/mol. The maximum atomic E-state index is 12.7. The summed E-state index contributed by atoms with van der Waals surface area (Å²) in [6.45, 7) is 7.73. The van der Waals surface area contributed by atoms with Gasteiger partial charge in [0, 0.05) is 36.0 Å². The molecule has 1 saturated carbocycles. The lowest BCUT2D eigenvalue weighted by atomic mass is 9.85. The van der Waals surface area contributed by atoms with Crippen molar-refractivity contribution in [3.8, 4) is 0 Å². The zero-order chi connectivity index (χ0) is 21.8. The molecule has 0 spiro atoms. The molecule has 1 aliphatic carbocycles. The summed E-state index contributed by atoms with van der Waals surface area (Å²) in [5, 5.41) is 7.25. The maximum Gasteiger partial charge on any atom is 0.224 e. The van der Waals surface area contributed by atoms with Gasteiger partial charge in [0.1, 0.15) is 5.58 Å². The number of amides is 2. The third-order valence-corrected chi connectivity index (χ3v) is 6.30. The zero-order valence-electron chi connectivity index (χ0n) is 18.9. The smallest absolute Gasteiger partial charge is 0.224 e. The molecule has 1 heterocycles. The quantitative estimate of drug-likeness (QED) is 0.731. The highest BCUT2D eigenvalue weighted by Crippen LogP contribution is 2.30. The van der Waals surface area contributed by atoms with Crippen molar-refractivity contribution >= 4 is 22.8 Å². The second-order valence-electron chi connectivity index (χ2n) is 8.99. The van der Waals surface area contributed by atoms with Crippen LogP contribution in [-0.4, -0.2) is 49.9 Å². The highest BCUT2D eigenvalue weighted by Gasteiger charge is 2.27. The molecule has 1 aromatic carbocycles. The fourth-order valence-corrected chi connectivity index (χ4v) is 4.41. The Bertz CT molecular complexity index is 908. The summed E-state index contributed by atoms with van der Waals surface area (Å²) in [7, 11) is 3.99. The summed E-state index contributed by atoms with van der Waals surface area (Å²) in [6, 6.07) is 2.30. The third-order valence-electron chi connectivity index (χ3n) is 6.30. The van der Waals surface area contributed by atoms with Crippen molar-refractivity contribution in [2.45, 2.75) is 58.9 Å². The van der Waals surface area contributed by atoms with Crippen LogP contribution in [0.15, 0.2) is 16.7 Å². The fourth-order valence-electron chi connectivity index (χ4n) is 4.41. The van der Waals surface area contributed by atoms with Crippen LogP contribution in [0.3, 0.4) is 0 Å². The summed E-state index contributed by atoms with van der Waals surface area (Å²) in [5.74, 6) is 0.230. The highest BCUT2D eigenvalue weighted by atomic mass is 16.3. The molecule has 0 atom stereocenters. The number of hydrogen-bond acceptors (Lipinski definition) is 4. The van der Waals surface area contributed by atoms with Crippen molar-refractivity contribution in [3.63, 3.8) is 0 Å². The van der Waals surface area contributed by atoms with Gasteiger partial charge in [-0.1, -0.05) is 6.07 Å². The van der Waals surface area contributed by atoms with Gasteiger partial charge in [0.15, 0.2) is 0 Å². The predicted octanol–water partition coefficient (Wildman–Crippen LogP) is 3.25. The van der Waals surface area contributed by atoms with Gasteiger partial charge in [-0.3, -0.25) is 9.59 Å². The summed E-state index contributed by atoms with van der Waals surface area (Å²) < 4.78 is 5.79. The van der Waals surface area contributed by atoms with Gasteiger partial charge in [0.2, 0.25) is 11.8 Å². The van der Waals surface area contributed by atoms with Crippen molar-refractivity contribution in [1.29, 1.82) is 0 Å². The van der Waals surface area contributed by atoms with Crippen molar-refractivity contribution in [1.82, 2.24) is 15.5 Å². The Hall–Kier alpha value is -2.34. The van der Waals surface area contributed by atoms with E-state index in [1.165, 1.54) is 5.56 Å². The molecule has 1 aliphatic rings. The van der Waals surface area contributed by atoms with Gasteiger partial charge < -0.3 is 20.0 Å². The van der Waals surface area contributed by atoms with Gasteiger partial charge in [0.05, 0.1) is 12.7 Å². The molecule has 0 unspecified atom stereocenters. The fraction of sp³-hybridized carbons (Fsp3) is 0.583. The van der Waals surface area contributed by atoms with Crippen LogP contribution in [0.5, 0.6) is 0 Å². The Labute approximate surface area is 179 Å². The Morgan fingerprint density at radius 3 is 2.47 bits per heavy atom. The zero-order valence-corrected chi connectivity index (χ0v) is 18.9. The first-order chi connectivity index (χ1) is 14.3. The topological polar surface area (TPSA) is 74.6 Å². The molecule has 0 bridgehead atoms. The van der Waals surface area contributed by atoms with Crippen molar-refractivity contribution < 1.29 is 14.0 Å². The molecule has 2 N–H and O–H groups in total. The van der Waals surface area contributed by atoms with E-state index in [9.17, 15) is 9.59 Å².